The van der Waals surface area contributed by atoms with Gasteiger partial charge < -0.3 is 20.1 Å². The summed E-state index contributed by atoms with van der Waals surface area (Å²) in [4.78, 5) is 20.3. The van der Waals surface area contributed by atoms with Gasteiger partial charge in [-0.25, -0.2) is 4.79 Å². The lowest BCUT2D eigenvalue weighted by Gasteiger charge is -2.28. The number of amidine groups is 2. The fraction of sp³-hybridized carbons (Fsp3) is 0.600. The number of hydrogen-bond acceptors (Lipinski definition) is 8. The van der Waals surface area contributed by atoms with Gasteiger partial charge in [-0.05, 0) is 0 Å². The highest BCUT2D eigenvalue weighted by Gasteiger charge is 2.49. The first kappa shape index (κ1) is 13.1. The number of carbonyl (C=O) groups is 1. The maximum absolute atomic E-state index is 11.3. The van der Waals surface area contributed by atoms with Gasteiger partial charge >= 0.3 is 6.03 Å². The molecule has 1 unspecified atom stereocenters. The third-order valence-corrected chi connectivity index (χ3v) is 3.37. The zero-order valence-electron chi connectivity index (χ0n) is 10.2. The van der Waals surface area contributed by atoms with E-state index in [0.29, 0.717) is 0 Å². The molecule has 10 heteroatoms. The molecule has 3 rings (SSSR count). The molecular weight excluding hydrogens is 270 g/mol. The lowest BCUT2D eigenvalue weighted by Crippen LogP contribution is -2.52. The minimum absolute atomic E-state index is 0.120. The van der Waals surface area contributed by atoms with Crippen LogP contribution in [0.3, 0.4) is 0 Å². The van der Waals surface area contributed by atoms with Crippen LogP contribution in [0.4, 0.5) is 4.79 Å². The molecule has 2 amide bonds. The number of nitrogens with one attached hydrogen (secondary N) is 2. The highest BCUT2D eigenvalue weighted by atomic mass is 16.6. The third-order valence-electron chi connectivity index (χ3n) is 3.37. The number of carbonyl (C=O) groups excluding carboxylic acids is 1. The predicted octanol–water partition coefficient (Wildman–Crippen LogP) is -2.76. The molecular formula is C10H13N5O5. The van der Waals surface area contributed by atoms with E-state index in [1.807, 2.05) is 0 Å². The maximum Gasteiger partial charge on any atom is 0.348 e. The SMILES string of the molecule is N=C1NC(=O)N=C2C1N=CN2[C@@H]1O[C@H](CO)[C@@H](O)[C@@H]1O. The number of nitrogens with zero attached hydrogens (tertiary/aromatic N) is 3. The van der Waals surface area contributed by atoms with Crippen molar-refractivity contribution in [3.63, 3.8) is 0 Å². The first-order valence-corrected chi connectivity index (χ1v) is 5.95. The Labute approximate surface area is 112 Å². The number of aliphatic hydroxyl groups is 3. The van der Waals surface area contributed by atoms with Gasteiger partial charge in [0.15, 0.2) is 18.1 Å². The second-order valence-electron chi connectivity index (χ2n) is 4.62. The lowest BCUT2D eigenvalue weighted by molar-refractivity contribution is -0.0509. The Bertz CT molecular complexity index is 520. The van der Waals surface area contributed by atoms with Crippen molar-refractivity contribution in [2.75, 3.05) is 6.61 Å². The number of fused-ring (bicyclic) bond motifs is 1. The summed E-state index contributed by atoms with van der Waals surface area (Å²) in [5.41, 5.74) is 0. The molecule has 0 radical (unpaired) electrons. The molecule has 3 heterocycles. The van der Waals surface area contributed by atoms with E-state index >= 15 is 0 Å². The van der Waals surface area contributed by atoms with Crippen molar-refractivity contribution < 1.29 is 24.9 Å². The van der Waals surface area contributed by atoms with Crippen molar-refractivity contribution in [1.82, 2.24) is 10.2 Å². The first-order valence-electron chi connectivity index (χ1n) is 5.95. The summed E-state index contributed by atoms with van der Waals surface area (Å²) < 4.78 is 5.34. The summed E-state index contributed by atoms with van der Waals surface area (Å²) in [7, 11) is 0. The van der Waals surface area contributed by atoms with Gasteiger partial charge in [-0.1, -0.05) is 0 Å². The third kappa shape index (κ3) is 1.81. The highest BCUT2D eigenvalue weighted by molar-refractivity contribution is 6.23. The highest BCUT2D eigenvalue weighted by Crippen LogP contribution is 2.26. The van der Waals surface area contributed by atoms with Gasteiger partial charge in [0, 0.05) is 0 Å². The van der Waals surface area contributed by atoms with Crippen LogP contribution in [-0.4, -0.2) is 81.4 Å². The van der Waals surface area contributed by atoms with Crippen LogP contribution in [0.15, 0.2) is 9.98 Å². The molecule has 0 aromatic rings. The number of ether oxygens (including phenoxy) is 1. The van der Waals surface area contributed by atoms with Crippen molar-refractivity contribution in [3.8, 4) is 0 Å². The minimum Gasteiger partial charge on any atom is -0.394 e. The van der Waals surface area contributed by atoms with Crippen molar-refractivity contribution in [2.45, 2.75) is 30.6 Å². The van der Waals surface area contributed by atoms with Gasteiger partial charge in [-0.3, -0.25) is 20.6 Å². The Morgan fingerprint density at radius 3 is 2.85 bits per heavy atom. The lowest BCUT2D eigenvalue weighted by atomic mass is 10.1. The molecule has 0 aliphatic carbocycles. The standard InChI is InChI=1S/C10H13N5O5/c11-7-4-8(14-10(19)13-7)15(2-12-4)9-6(18)5(17)3(1-16)20-9/h2-6,9,16-18H,1H2,(H2,11,13,19)/t3-,4?,5-,6+,9-/m1/s1. The molecule has 0 spiro atoms. The molecule has 0 saturated carbocycles. The Morgan fingerprint density at radius 1 is 1.45 bits per heavy atom. The summed E-state index contributed by atoms with van der Waals surface area (Å²) in [5, 5.41) is 38.6. The molecule has 1 saturated heterocycles. The van der Waals surface area contributed by atoms with Crippen LogP contribution < -0.4 is 5.32 Å². The topological polar surface area (TPSA) is 151 Å². The average Bonchev–Trinajstić information content (AvgIpc) is 2.93. The number of aliphatic hydroxyl groups excluding tert-OH is 3. The van der Waals surface area contributed by atoms with Crippen molar-refractivity contribution in [3.05, 3.63) is 0 Å². The quantitative estimate of drug-likeness (QED) is 0.370. The van der Waals surface area contributed by atoms with E-state index in [0.717, 1.165) is 0 Å². The summed E-state index contributed by atoms with van der Waals surface area (Å²) in [5.74, 6) is 0.0269. The van der Waals surface area contributed by atoms with E-state index in [9.17, 15) is 15.0 Å². The van der Waals surface area contributed by atoms with Gasteiger partial charge in [-0.2, -0.15) is 4.99 Å². The number of urea groups is 1. The normalized spacial score (nSPS) is 39.9. The minimum atomic E-state index is -1.29. The zero-order valence-corrected chi connectivity index (χ0v) is 10.2. The van der Waals surface area contributed by atoms with Crippen LogP contribution in [0.5, 0.6) is 0 Å². The largest absolute Gasteiger partial charge is 0.394 e. The number of rotatable bonds is 2. The fourth-order valence-corrected chi connectivity index (χ4v) is 2.35. The van der Waals surface area contributed by atoms with Crippen LogP contribution in [0, 0.1) is 5.41 Å². The van der Waals surface area contributed by atoms with E-state index in [1.54, 1.807) is 0 Å². The number of aliphatic imine (C=N–C) groups is 2. The zero-order chi connectivity index (χ0) is 14.4. The molecule has 3 aliphatic heterocycles. The Kier molecular flexibility index (Phi) is 3.01. The van der Waals surface area contributed by atoms with E-state index in [4.69, 9.17) is 15.3 Å². The molecule has 20 heavy (non-hydrogen) atoms. The Balaban J connectivity index is 1.87. The van der Waals surface area contributed by atoms with E-state index in [2.05, 4.69) is 15.3 Å². The second kappa shape index (κ2) is 4.59. The van der Waals surface area contributed by atoms with E-state index in [-0.39, 0.29) is 11.7 Å². The van der Waals surface area contributed by atoms with E-state index < -0.39 is 43.2 Å². The smallest absolute Gasteiger partial charge is 0.348 e. The predicted molar refractivity (Wildman–Crippen MR) is 65.6 cm³/mol. The molecule has 5 atom stereocenters. The summed E-state index contributed by atoms with van der Waals surface area (Å²) in [6.07, 6.45) is -3.21. The van der Waals surface area contributed by atoms with Crippen molar-refractivity contribution in [1.29, 1.82) is 5.41 Å². The fourth-order valence-electron chi connectivity index (χ4n) is 2.35. The van der Waals surface area contributed by atoms with Crippen LogP contribution >= 0.6 is 0 Å². The number of amides is 2. The molecule has 0 aromatic heterocycles. The summed E-state index contributed by atoms with van der Waals surface area (Å²) >= 11 is 0. The first-order chi connectivity index (χ1) is 9.52. The van der Waals surface area contributed by atoms with Crippen molar-refractivity contribution in [2.24, 2.45) is 9.98 Å². The molecule has 0 aromatic carbocycles. The average molecular weight is 283 g/mol. The van der Waals surface area contributed by atoms with Gasteiger partial charge in [0.2, 0.25) is 0 Å². The molecule has 5 N–H and O–H groups in total. The molecule has 10 nitrogen and oxygen atoms in total. The number of hydrogen-bond donors (Lipinski definition) is 5. The van der Waals surface area contributed by atoms with Crippen LogP contribution in [-0.2, 0) is 4.74 Å². The van der Waals surface area contributed by atoms with Crippen LogP contribution in [0.2, 0.25) is 0 Å². The van der Waals surface area contributed by atoms with Crippen LogP contribution in [0.1, 0.15) is 0 Å². The monoisotopic (exact) mass is 283 g/mol. The van der Waals surface area contributed by atoms with Gasteiger partial charge in [-0.15, -0.1) is 0 Å². The second-order valence-corrected chi connectivity index (χ2v) is 4.62. The Hall–Kier alpha value is -1.88. The summed E-state index contributed by atoms with van der Waals surface area (Å²) in [6, 6.07) is -1.46. The molecule has 1 fully saturated rings. The molecule has 3 aliphatic rings. The van der Waals surface area contributed by atoms with Gasteiger partial charge in [0.05, 0.1) is 12.9 Å². The van der Waals surface area contributed by atoms with Crippen molar-refractivity contribution >= 4 is 24.0 Å². The van der Waals surface area contributed by atoms with E-state index in [1.165, 1.54) is 11.2 Å². The van der Waals surface area contributed by atoms with Gasteiger partial charge in [0.25, 0.3) is 0 Å². The summed E-state index contributed by atoms with van der Waals surface area (Å²) in [6.45, 7) is -0.452. The Morgan fingerprint density at radius 2 is 2.20 bits per heavy atom. The van der Waals surface area contributed by atoms with Gasteiger partial charge in [0.1, 0.15) is 24.1 Å². The van der Waals surface area contributed by atoms with Crippen LogP contribution in [0.25, 0.3) is 0 Å². The molecule has 108 valence electrons. The molecule has 0 bridgehead atoms. The maximum atomic E-state index is 11.3.